The molecule has 0 saturated heterocycles. The van der Waals surface area contributed by atoms with Crippen molar-refractivity contribution >= 4 is 17.5 Å². The minimum atomic E-state index is -0.914. The topological polar surface area (TPSA) is 139 Å². The number of hydrogen-bond donors (Lipinski definition) is 0. The Balaban J connectivity index is -0.000000231. The van der Waals surface area contributed by atoms with E-state index in [-0.39, 0.29) is 29.4 Å². The summed E-state index contributed by atoms with van der Waals surface area (Å²) in [7, 11) is 1.13. The molecule has 0 aromatic heterocycles. The number of ether oxygens (including phenoxy) is 1. The number of rotatable bonds is 4. The van der Waals surface area contributed by atoms with Gasteiger partial charge in [-0.1, -0.05) is 24.3 Å². The van der Waals surface area contributed by atoms with E-state index in [9.17, 15) is 9.59 Å². The third kappa shape index (κ3) is 13.1. The van der Waals surface area contributed by atoms with Gasteiger partial charge in [0, 0.05) is 23.5 Å². The Morgan fingerprint density at radius 1 is 1.22 bits per heavy atom. The van der Waals surface area contributed by atoms with Crippen LogP contribution in [0.15, 0.2) is 24.3 Å². The molecule has 0 aromatic carbocycles. The molecule has 0 spiro atoms. The summed E-state index contributed by atoms with van der Waals surface area (Å²) < 4.78 is 26.8. The van der Waals surface area contributed by atoms with Gasteiger partial charge in [0.05, 0.1) is 7.11 Å². The fraction of sp³-hybridized carbons (Fsp3) is 0.286. The molecule has 0 bridgehead atoms. The van der Waals surface area contributed by atoms with E-state index in [1.54, 1.807) is 0 Å². The van der Waals surface area contributed by atoms with Gasteiger partial charge in [-0.05, 0) is 12.3 Å². The van der Waals surface area contributed by atoms with Gasteiger partial charge in [0.25, 0.3) is 5.78 Å². The van der Waals surface area contributed by atoms with Crippen molar-refractivity contribution in [3.05, 3.63) is 49.8 Å². The van der Waals surface area contributed by atoms with Gasteiger partial charge in [0.1, 0.15) is 0 Å². The summed E-state index contributed by atoms with van der Waals surface area (Å²) in [4.78, 5) is 25.3. The maximum absolute atomic E-state index is 11.6. The van der Waals surface area contributed by atoms with Crippen molar-refractivity contribution in [3.8, 4) is 0 Å². The van der Waals surface area contributed by atoms with E-state index in [0.717, 1.165) is 13.5 Å². The Kier molecular flexibility index (Phi) is 27.6. The van der Waals surface area contributed by atoms with E-state index in [2.05, 4.69) is 29.5 Å². The Bertz CT molecular complexity index is 513. The van der Waals surface area contributed by atoms with Crippen LogP contribution in [-0.2, 0) is 45.4 Å². The average Bonchev–Trinajstić information content (AvgIpc) is 2.61. The molecule has 1 unspecified atom stereocenters. The number of nitrogens with zero attached hydrogens (tertiary/aromatic N) is 2. The first kappa shape index (κ1) is 28.8. The Morgan fingerprint density at radius 2 is 1.74 bits per heavy atom. The monoisotopic (exact) mass is 360 g/mol. The fourth-order valence-electron chi connectivity index (χ4n) is 1.43. The number of methoxy groups -OCH3 is 1. The quantitative estimate of drug-likeness (QED) is 0.107. The van der Waals surface area contributed by atoms with Gasteiger partial charge >= 0.3 is 45.6 Å². The third-order valence-electron chi connectivity index (χ3n) is 2.26. The minimum absolute atomic E-state index is 0. The van der Waals surface area contributed by atoms with Crippen LogP contribution >= 0.6 is 0 Å². The van der Waals surface area contributed by atoms with E-state index >= 15 is 0 Å². The largest absolute Gasteiger partial charge is 0 e. The number of esters is 1. The van der Waals surface area contributed by atoms with Gasteiger partial charge < -0.3 is 10.3 Å². The second kappa shape index (κ2) is 22.0. The second-order valence-corrected chi connectivity index (χ2v) is 3.38. The van der Waals surface area contributed by atoms with Gasteiger partial charge in [-0.3, -0.25) is 4.79 Å². The van der Waals surface area contributed by atoms with Gasteiger partial charge in [-0.25, -0.2) is 4.79 Å². The minimum Gasteiger partial charge on any atom is 0 e. The summed E-state index contributed by atoms with van der Waals surface area (Å²) in [6, 6.07) is 0. The standard InChI is InChI=1S/C11H12N2O3.3CO.Fe/c1-16-11(15)10(13-12)9(14)7-8-5-3-2-4-6-8;3*1-2;/h2-5,8H,6-7H2,1H3;;;;. The number of carbonyl (C=O) groups is 2. The van der Waals surface area contributed by atoms with Crippen LogP contribution < -0.4 is 0 Å². The predicted molar refractivity (Wildman–Crippen MR) is 68.4 cm³/mol. The summed E-state index contributed by atoms with van der Waals surface area (Å²) in [5.74, 6) is -1.39. The number of Topliss-reactive ketones (excluding diaryl/α,β-unsaturated/α-hetero) is 1. The second-order valence-electron chi connectivity index (χ2n) is 3.38. The van der Waals surface area contributed by atoms with Crippen molar-refractivity contribution in [2.45, 2.75) is 12.8 Å². The van der Waals surface area contributed by atoms with E-state index in [0.29, 0.717) is 0 Å². The molecule has 0 radical (unpaired) electrons. The number of ketones is 1. The SMILES string of the molecule is COC(=O)C(=[N+]=[N-])C(=O)CC1C=CC=CC1.[C-]#[O+].[C-]#[O+].[C-]#[O+].[Fe]. The van der Waals surface area contributed by atoms with Crippen LogP contribution in [0.5, 0.6) is 0 Å². The molecule has 0 amide bonds. The molecule has 122 valence electrons. The molecule has 8 nitrogen and oxygen atoms in total. The Morgan fingerprint density at radius 3 is 2.09 bits per heavy atom. The number of allylic oxidation sites excluding steroid dienone is 4. The van der Waals surface area contributed by atoms with Crippen LogP contribution in [-0.4, -0.2) is 29.4 Å². The van der Waals surface area contributed by atoms with Crippen LogP contribution in [0.4, 0.5) is 0 Å². The van der Waals surface area contributed by atoms with Gasteiger partial charge in [-0.2, -0.15) is 4.79 Å². The summed E-state index contributed by atoms with van der Waals surface area (Å²) in [6.45, 7) is 13.5. The van der Waals surface area contributed by atoms with Crippen molar-refractivity contribution in [2.24, 2.45) is 5.92 Å². The molecule has 1 atom stereocenters. The molecule has 1 aliphatic rings. The van der Waals surface area contributed by atoms with Crippen LogP contribution in [0.1, 0.15) is 12.8 Å². The fourth-order valence-corrected chi connectivity index (χ4v) is 1.43. The van der Waals surface area contributed by atoms with Gasteiger partial charge in [0.15, 0.2) is 0 Å². The van der Waals surface area contributed by atoms with Crippen molar-refractivity contribution in [3.63, 3.8) is 0 Å². The van der Waals surface area contributed by atoms with Crippen LogP contribution in [0.2, 0.25) is 0 Å². The molecule has 0 fully saturated rings. The first-order valence-corrected chi connectivity index (χ1v) is 5.47. The van der Waals surface area contributed by atoms with Crippen molar-refractivity contribution in [1.29, 1.82) is 0 Å². The maximum atomic E-state index is 11.6. The molecule has 23 heavy (non-hydrogen) atoms. The summed E-state index contributed by atoms with van der Waals surface area (Å²) >= 11 is 0. The van der Waals surface area contributed by atoms with Crippen LogP contribution in [0.25, 0.3) is 5.53 Å². The predicted octanol–water partition coefficient (Wildman–Crippen LogP) is 0.807. The number of carbonyl (C=O) groups excluding carboxylic acids is 2. The average molecular weight is 360 g/mol. The number of hydrogen-bond acceptors (Lipinski definition) is 3. The normalized spacial score (nSPS) is 12.6. The van der Waals surface area contributed by atoms with Crippen LogP contribution in [0.3, 0.4) is 0 Å². The van der Waals surface area contributed by atoms with Gasteiger partial charge in [-0.15, -0.1) is 0 Å². The first-order chi connectivity index (χ1) is 10.7. The van der Waals surface area contributed by atoms with E-state index in [1.165, 1.54) is 0 Å². The van der Waals surface area contributed by atoms with E-state index in [4.69, 9.17) is 19.5 Å². The zero-order valence-corrected chi connectivity index (χ0v) is 13.1. The summed E-state index contributed by atoms with van der Waals surface area (Å²) in [5, 5.41) is 0. The molecule has 0 aromatic rings. The zero-order valence-electron chi connectivity index (χ0n) is 12.0. The van der Waals surface area contributed by atoms with Crippen molar-refractivity contribution in [1.82, 2.24) is 0 Å². The Labute approximate surface area is 143 Å². The van der Waals surface area contributed by atoms with Crippen molar-refractivity contribution in [2.75, 3.05) is 7.11 Å². The molecular weight excluding hydrogens is 348 g/mol. The maximum Gasteiger partial charge on any atom is 0 e. The smallest absolute Gasteiger partial charge is 0 e. The zero-order chi connectivity index (χ0) is 18.0. The molecule has 0 saturated carbocycles. The first-order valence-electron chi connectivity index (χ1n) is 5.47. The Hall–Kier alpha value is -2.26. The molecule has 1 aliphatic carbocycles. The third-order valence-corrected chi connectivity index (χ3v) is 2.26. The molecule has 9 heteroatoms. The molecule has 0 aliphatic heterocycles. The molecular formula is C14H12FeN2O6. The van der Waals surface area contributed by atoms with E-state index < -0.39 is 17.5 Å². The summed E-state index contributed by atoms with van der Waals surface area (Å²) in [6.07, 6.45) is 8.42. The molecule has 0 heterocycles. The molecule has 1 rings (SSSR count). The van der Waals surface area contributed by atoms with Gasteiger partial charge in [0.2, 0.25) is 0 Å². The summed E-state index contributed by atoms with van der Waals surface area (Å²) in [5.41, 5.74) is 8.01. The van der Waals surface area contributed by atoms with E-state index in [1.807, 2.05) is 24.3 Å². The van der Waals surface area contributed by atoms with Crippen LogP contribution in [0, 0.1) is 25.9 Å². The molecule has 0 N–H and O–H groups in total. The van der Waals surface area contributed by atoms with Crippen molar-refractivity contribution < 1.29 is 50.1 Å².